The zero-order chi connectivity index (χ0) is 9.26. The summed E-state index contributed by atoms with van der Waals surface area (Å²) < 4.78 is 0. The molecule has 1 atom stereocenters. The Balaban J connectivity index is 1.99. The minimum Gasteiger partial charge on any atom is -0.300 e. The van der Waals surface area contributed by atoms with Crippen LogP contribution >= 0.6 is 0 Å². The van der Waals surface area contributed by atoms with Gasteiger partial charge in [-0.25, -0.2) is 0 Å². The van der Waals surface area contributed by atoms with Gasteiger partial charge in [0.05, 0.1) is 0 Å². The van der Waals surface area contributed by atoms with Crippen molar-refractivity contribution in [3.63, 3.8) is 0 Å². The van der Waals surface area contributed by atoms with Crippen molar-refractivity contribution in [2.24, 2.45) is 0 Å². The third kappa shape index (κ3) is 1.75. The molecule has 13 heavy (non-hydrogen) atoms. The maximum atomic E-state index is 3.99. The van der Waals surface area contributed by atoms with Crippen molar-refractivity contribution in [3.05, 3.63) is 18.0 Å². The Hall–Kier alpha value is -0.830. The molecule has 1 N–H and O–H groups in total. The Morgan fingerprint density at radius 1 is 1.62 bits per heavy atom. The highest BCUT2D eigenvalue weighted by Gasteiger charge is 2.25. The van der Waals surface area contributed by atoms with E-state index in [1.54, 1.807) is 0 Å². The Bertz CT molecular complexity index is 253. The molecule has 0 spiro atoms. The molecule has 1 aliphatic rings. The van der Waals surface area contributed by atoms with Gasteiger partial charge in [0.15, 0.2) is 0 Å². The van der Waals surface area contributed by atoms with Crippen LogP contribution in [0, 0.1) is 0 Å². The number of likely N-dealkylation sites (tertiary alicyclic amines) is 1. The predicted molar refractivity (Wildman–Crippen MR) is 52.7 cm³/mol. The second-order valence-corrected chi connectivity index (χ2v) is 4.09. The van der Waals surface area contributed by atoms with Gasteiger partial charge < -0.3 is 4.90 Å². The lowest BCUT2D eigenvalue weighted by molar-refractivity contribution is 0.272. The van der Waals surface area contributed by atoms with E-state index in [4.69, 9.17) is 0 Å². The summed E-state index contributed by atoms with van der Waals surface area (Å²) in [7, 11) is 0. The predicted octanol–water partition coefficient (Wildman–Crippen LogP) is 1.61. The Labute approximate surface area is 79.1 Å². The smallest absolute Gasteiger partial charge is 0.0490 e. The lowest BCUT2D eigenvalue weighted by atomic mass is 10.1. The maximum Gasteiger partial charge on any atom is 0.0490 e. The van der Waals surface area contributed by atoms with Gasteiger partial charge in [-0.05, 0) is 32.9 Å². The molecule has 0 saturated carbocycles. The zero-order valence-electron chi connectivity index (χ0n) is 8.33. The summed E-state index contributed by atoms with van der Waals surface area (Å²) in [6, 6.07) is 2.77. The monoisotopic (exact) mass is 179 g/mol. The highest BCUT2D eigenvalue weighted by Crippen LogP contribution is 2.26. The van der Waals surface area contributed by atoms with Crippen LogP contribution in [0.3, 0.4) is 0 Å². The van der Waals surface area contributed by atoms with E-state index in [1.807, 2.05) is 6.20 Å². The minimum absolute atomic E-state index is 0.671. The van der Waals surface area contributed by atoms with Gasteiger partial charge in [0.2, 0.25) is 0 Å². The number of hydrogen-bond donors (Lipinski definition) is 1. The largest absolute Gasteiger partial charge is 0.300 e. The van der Waals surface area contributed by atoms with Crippen LogP contribution in [0.15, 0.2) is 12.3 Å². The number of rotatable bonds is 2. The molecule has 1 aromatic rings. The van der Waals surface area contributed by atoms with E-state index in [1.165, 1.54) is 25.2 Å². The van der Waals surface area contributed by atoms with Crippen LogP contribution in [-0.2, 0) is 0 Å². The fraction of sp³-hybridized carbons (Fsp3) is 0.700. The molecule has 2 heterocycles. The molecule has 72 valence electrons. The quantitative estimate of drug-likeness (QED) is 0.748. The standard InChI is InChI=1S/C10H17N3/c1-8(2)13-6-4-9(7-13)10-3-5-11-12-10/h3,5,8-9H,4,6-7H2,1-2H3,(H,11,12)/t9-/m1/s1. The van der Waals surface area contributed by atoms with Gasteiger partial charge >= 0.3 is 0 Å². The molecule has 1 fully saturated rings. The van der Waals surface area contributed by atoms with Crippen molar-refractivity contribution >= 4 is 0 Å². The Morgan fingerprint density at radius 3 is 3.00 bits per heavy atom. The topological polar surface area (TPSA) is 31.9 Å². The van der Waals surface area contributed by atoms with Crippen LogP contribution in [-0.4, -0.2) is 34.2 Å². The highest BCUT2D eigenvalue weighted by atomic mass is 15.2. The molecule has 0 unspecified atom stereocenters. The Morgan fingerprint density at radius 2 is 2.46 bits per heavy atom. The van der Waals surface area contributed by atoms with Crippen LogP contribution in [0.4, 0.5) is 0 Å². The molecule has 1 saturated heterocycles. The van der Waals surface area contributed by atoms with E-state index in [0.717, 1.165) is 0 Å². The summed E-state index contributed by atoms with van der Waals surface area (Å²) in [5.74, 6) is 0.671. The van der Waals surface area contributed by atoms with Gasteiger partial charge in [-0.1, -0.05) is 0 Å². The van der Waals surface area contributed by atoms with E-state index in [9.17, 15) is 0 Å². The van der Waals surface area contributed by atoms with Gasteiger partial charge in [0, 0.05) is 30.4 Å². The van der Waals surface area contributed by atoms with Crippen LogP contribution in [0.25, 0.3) is 0 Å². The number of H-pyrrole nitrogens is 1. The van der Waals surface area contributed by atoms with Gasteiger partial charge in [-0.3, -0.25) is 5.10 Å². The first-order valence-electron chi connectivity index (χ1n) is 5.00. The first-order valence-corrected chi connectivity index (χ1v) is 5.00. The fourth-order valence-electron chi connectivity index (χ4n) is 2.00. The molecule has 0 aliphatic carbocycles. The second-order valence-electron chi connectivity index (χ2n) is 4.09. The number of aromatic nitrogens is 2. The van der Waals surface area contributed by atoms with Crippen molar-refractivity contribution in [3.8, 4) is 0 Å². The molecule has 2 rings (SSSR count). The van der Waals surface area contributed by atoms with Crippen molar-refractivity contribution in [2.75, 3.05) is 13.1 Å². The van der Waals surface area contributed by atoms with Crippen molar-refractivity contribution in [1.29, 1.82) is 0 Å². The van der Waals surface area contributed by atoms with Crippen LogP contribution in [0.2, 0.25) is 0 Å². The summed E-state index contributed by atoms with van der Waals surface area (Å²) in [6.07, 6.45) is 3.10. The van der Waals surface area contributed by atoms with Crippen molar-refractivity contribution in [1.82, 2.24) is 15.1 Å². The summed E-state index contributed by atoms with van der Waals surface area (Å²) in [5, 5.41) is 7.06. The molecule has 3 heteroatoms. The molecular formula is C10H17N3. The van der Waals surface area contributed by atoms with Crippen molar-refractivity contribution in [2.45, 2.75) is 32.2 Å². The summed E-state index contributed by atoms with van der Waals surface area (Å²) in [4.78, 5) is 2.52. The minimum atomic E-state index is 0.671. The molecule has 0 bridgehead atoms. The number of nitrogens with zero attached hydrogens (tertiary/aromatic N) is 2. The van der Waals surface area contributed by atoms with E-state index in [0.29, 0.717) is 12.0 Å². The number of nitrogens with one attached hydrogen (secondary N) is 1. The van der Waals surface area contributed by atoms with E-state index >= 15 is 0 Å². The maximum absolute atomic E-state index is 3.99. The molecular weight excluding hydrogens is 162 g/mol. The first kappa shape index (κ1) is 8.75. The molecule has 3 nitrogen and oxygen atoms in total. The van der Waals surface area contributed by atoms with E-state index in [-0.39, 0.29) is 0 Å². The molecule has 1 aromatic heterocycles. The highest BCUT2D eigenvalue weighted by molar-refractivity contribution is 5.08. The summed E-state index contributed by atoms with van der Waals surface area (Å²) >= 11 is 0. The third-order valence-corrected chi connectivity index (χ3v) is 2.91. The van der Waals surface area contributed by atoms with Crippen LogP contribution in [0.5, 0.6) is 0 Å². The molecule has 1 aliphatic heterocycles. The number of hydrogen-bond acceptors (Lipinski definition) is 2. The Kier molecular flexibility index (Phi) is 2.36. The molecule has 0 radical (unpaired) electrons. The van der Waals surface area contributed by atoms with Gasteiger partial charge in [0.25, 0.3) is 0 Å². The summed E-state index contributed by atoms with van der Waals surface area (Å²) in [5.41, 5.74) is 1.29. The van der Waals surface area contributed by atoms with Crippen LogP contribution < -0.4 is 0 Å². The zero-order valence-corrected chi connectivity index (χ0v) is 8.33. The summed E-state index contributed by atoms with van der Waals surface area (Å²) in [6.45, 7) is 6.92. The normalized spacial score (nSPS) is 24.4. The van der Waals surface area contributed by atoms with E-state index in [2.05, 4.69) is 35.0 Å². The average Bonchev–Trinajstić information content (AvgIpc) is 2.75. The van der Waals surface area contributed by atoms with Crippen LogP contribution in [0.1, 0.15) is 31.9 Å². The first-order chi connectivity index (χ1) is 6.27. The molecule has 0 amide bonds. The average molecular weight is 179 g/mol. The van der Waals surface area contributed by atoms with Gasteiger partial charge in [-0.15, -0.1) is 0 Å². The fourth-order valence-corrected chi connectivity index (χ4v) is 2.00. The number of aromatic amines is 1. The second kappa shape index (κ2) is 3.50. The van der Waals surface area contributed by atoms with Gasteiger partial charge in [-0.2, -0.15) is 5.10 Å². The van der Waals surface area contributed by atoms with Crippen molar-refractivity contribution < 1.29 is 0 Å². The van der Waals surface area contributed by atoms with E-state index < -0.39 is 0 Å². The van der Waals surface area contributed by atoms with Gasteiger partial charge in [0.1, 0.15) is 0 Å². The lowest BCUT2D eigenvalue weighted by Gasteiger charge is -2.19. The SMILES string of the molecule is CC(C)N1CC[C@@H](c2ccn[nH]2)C1. The molecule has 0 aromatic carbocycles. The third-order valence-electron chi connectivity index (χ3n) is 2.91. The lowest BCUT2D eigenvalue weighted by Crippen LogP contribution is -2.27.